The highest BCUT2D eigenvalue weighted by Gasteiger charge is 2.20. The van der Waals surface area contributed by atoms with Gasteiger partial charge >= 0.3 is 0 Å². The highest BCUT2D eigenvalue weighted by atomic mass is 32.2. The number of rotatable bonds is 4. The van der Waals surface area contributed by atoms with Gasteiger partial charge in [-0.05, 0) is 18.1 Å². The molecule has 0 bridgehead atoms. The van der Waals surface area contributed by atoms with E-state index in [9.17, 15) is 9.90 Å². The maximum Gasteiger partial charge on any atom is 0.234 e. The monoisotopic (exact) mass is 316 g/mol. The number of anilines is 2. The highest BCUT2D eigenvalue weighted by Crippen LogP contribution is 2.33. The first-order valence-electron chi connectivity index (χ1n) is 6.92. The van der Waals surface area contributed by atoms with Crippen LogP contribution in [-0.4, -0.2) is 26.7 Å². The van der Waals surface area contributed by atoms with Gasteiger partial charge in [0.25, 0.3) is 0 Å². The Bertz CT molecular complexity index is 688. The van der Waals surface area contributed by atoms with Crippen LogP contribution in [0.1, 0.15) is 24.2 Å². The summed E-state index contributed by atoms with van der Waals surface area (Å²) >= 11 is 1.41. The lowest BCUT2D eigenvalue weighted by atomic mass is 10.1. The fraction of sp³-hybridized carbons (Fsp3) is 0.267. The van der Waals surface area contributed by atoms with Crippen LogP contribution in [0.4, 0.5) is 11.5 Å². The molecule has 0 saturated carbocycles. The van der Waals surface area contributed by atoms with Gasteiger partial charge in [0.05, 0.1) is 11.9 Å². The lowest BCUT2D eigenvalue weighted by molar-refractivity contribution is -0.113. The second-order valence-corrected chi connectivity index (χ2v) is 5.97. The molecule has 3 N–H and O–H groups in total. The Morgan fingerprint density at radius 1 is 1.36 bits per heavy atom. The number of fused-ring (bicyclic) bond motifs is 1. The van der Waals surface area contributed by atoms with Crippen LogP contribution in [0.2, 0.25) is 0 Å². The number of aliphatic hydroxyl groups is 1. The zero-order valence-electron chi connectivity index (χ0n) is 12.0. The number of aliphatic hydroxyl groups excluding tert-OH is 1. The van der Waals surface area contributed by atoms with E-state index >= 15 is 0 Å². The number of nitrogens with one attached hydrogen (secondary N) is 2. The van der Waals surface area contributed by atoms with E-state index in [1.165, 1.54) is 18.1 Å². The Morgan fingerprint density at radius 2 is 2.14 bits per heavy atom. The molecule has 1 aliphatic rings. The molecule has 0 aliphatic carbocycles. The van der Waals surface area contributed by atoms with Crippen molar-refractivity contribution in [2.45, 2.75) is 24.6 Å². The molecule has 0 fully saturated rings. The third-order valence-electron chi connectivity index (χ3n) is 3.34. The summed E-state index contributed by atoms with van der Waals surface area (Å²) in [5.41, 5.74) is 2.59. The summed E-state index contributed by atoms with van der Waals surface area (Å²) in [7, 11) is 0. The predicted molar refractivity (Wildman–Crippen MR) is 85.8 cm³/mol. The number of amides is 1. The van der Waals surface area contributed by atoms with Crippen molar-refractivity contribution in [1.82, 2.24) is 9.97 Å². The summed E-state index contributed by atoms with van der Waals surface area (Å²) in [5.74, 6) is 0.950. The minimum atomic E-state index is -0.469. The number of benzene rings is 1. The molecule has 2 aromatic rings. The molecule has 7 heteroatoms. The van der Waals surface area contributed by atoms with Crippen molar-refractivity contribution >= 4 is 29.2 Å². The third kappa shape index (κ3) is 3.20. The second-order valence-electron chi connectivity index (χ2n) is 5.01. The largest absolute Gasteiger partial charge is 0.389 e. The number of aromatic nitrogens is 2. The van der Waals surface area contributed by atoms with Gasteiger partial charge in [0.1, 0.15) is 17.0 Å². The molecular weight excluding hydrogens is 300 g/mol. The van der Waals surface area contributed by atoms with Crippen LogP contribution in [0, 0.1) is 0 Å². The van der Waals surface area contributed by atoms with Gasteiger partial charge in [-0.15, -0.1) is 0 Å². The number of carbonyl (C=O) groups excluding carboxylic acids is 1. The maximum absolute atomic E-state index is 11.5. The fourth-order valence-corrected chi connectivity index (χ4v) is 2.89. The summed E-state index contributed by atoms with van der Waals surface area (Å²) in [6.45, 7) is 2.31. The fourth-order valence-electron chi connectivity index (χ4n) is 2.13. The Balaban J connectivity index is 1.73. The minimum Gasteiger partial charge on any atom is -0.389 e. The zero-order valence-corrected chi connectivity index (χ0v) is 12.9. The Morgan fingerprint density at radius 3 is 2.86 bits per heavy atom. The molecule has 0 spiro atoms. The van der Waals surface area contributed by atoms with Crippen molar-refractivity contribution in [3.63, 3.8) is 0 Å². The summed E-state index contributed by atoms with van der Waals surface area (Å²) in [6, 6.07) is 7.70. The van der Waals surface area contributed by atoms with Crippen molar-refractivity contribution in [3.8, 4) is 0 Å². The van der Waals surface area contributed by atoms with E-state index in [0.717, 1.165) is 16.2 Å². The minimum absolute atomic E-state index is 0.0448. The predicted octanol–water partition coefficient (Wildman–Crippen LogP) is 2.19. The van der Waals surface area contributed by atoms with E-state index in [1.807, 2.05) is 24.3 Å². The number of hydrogen-bond acceptors (Lipinski definition) is 6. The molecule has 1 unspecified atom stereocenters. The molecule has 22 heavy (non-hydrogen) atoms. The molecular formula is C15H16N4O2S. The van der Waals surface area contributed by atoms with Crippen LogP contribution in [0.3, 0.4) is 0 Å². The van der Waals surface area contributed by atoms with Gasteiger partial charge in [-0.3, -0.25) is 4.79 Å². The summed E-state index contributed by atoms with van der Waals surface area (Å²) in [5, 5.41) is 16.3. The molecule has 1 aromatic heterocycles. The van der Waals surface area contributed by atoms with Crippen LogP contribution in [-0.2, 0) is 11.3 Å². The van der Waals surface area contributed by atoms with Gasteiger partial charge in [0.2, 0.25) is 5.91 Å². The van der Waals surface area contributed by atoms with E-state index in [4.69, 9.17) is 0 Å². The normalized spacial score (nSPS) is 14.9. The van der Waals surface area contributed by atoms with Crippen LogP contribution in [0.25, 0.3) is 0 Å². The van der Waals surface area contributed by atoms with Crippen LogP contribution in [0.5, 0.6) is 0 Å². The van der Waals surface area contributed by atoms with Gasteiger partial charge in [-0.25, -0.2) is 9.97 Å². The summed E-state index contributed by atoms with van der Waals surface area (Å²) in [4.78, 5) is 19.9. The van der Waals surface area contributed by atoms with E-state index in [2.05, 4.69) is 20.6 Å². The molecule has 0 saturated heterocycles. The molecule has 114 valence electrons. The molecule has 1 aliphatic heterocycles. The van der Waals surface area contributed by atoms with Gasteiger partial charge < -0.3 is 15.7 Å². The standard InChI is InChI=1S/C15H16N4O2S/c1-9(20)11-4-2-10(3-5-11)6-16-14-13-15(18-8-17-14)22-7-12(21)19-13/h2-5,8-9,20H,6-7H2,1H3,(H,19,21)(H,16,17,18). The molecule has 0 radical (unpaired) electrons. The quantitative estimate of drug-likeness (QED) is 0.750. The SMILES string of the molecule is CC(O)c1ccc(CNc2ncnc3c2NC(=O)CS3)cc1. The number of nitrogens with zero attached hydrogens (tertiary/aromatic N) is 2. The second kappa shape index (κ2) is 6.33. The summed E-state index contributed by atoms with van der Waals surface area (Å²) in [6.07, 6.45) is 1.02. The highest BCUT2D eigenvalue weighted by molar-refractivity contribution is 8.00. The van der Waals surface area contributed by atoms with Crippen molar-refractivity contribution in [2.75, 3.05) is 16.4 Å². The first-order chi connectivity index (χ1) is 10.6. The van der Waals surface area contributed by atoms with E-state index in [1.54, 1.807) is 6.92 Å². The molecule has 3 rings (SSSR count). The van der Waals surface area contributed by atoms with E-state index in [0.29, 0.717) is 23.8 Å². The van der Waals surface area contributed by atoms with Crippen LogP contribution in [0.15, 0.2) is 35.6 Å². The van der Waals surface area contributed by atoms with Gasteiger partial charge in [0, 0.05) is 6.54 Å². The molecule has 1 amide bonds. The average molecular weight is 316 g/mol. The number of hydrogen-bond donors (Lipinski definition) is 3. The van der Waals surface area contributed by atoms with Crippen molar-refractivity contribution in [2.24, 2.45) is 0 Å². The molecule has 1 aromatic carbocycles. The number of carbonyl (C=O) groups is 1. The number of thioether (sulfide) groups is 1. The van der Waals surface area contributed by atoms with Crippen molar-refractivity contribution in [1.29, 1.82) is 0 Å². The molecule has 2 heterocycles. The van der Waals surface area contributed by atoms with Gasteiger partial charge in [-0.1, -0.05) is 36.0 Å². The molecule has 6 nitrogen and oxygen atoms in total. The van der Waals surface area contributed by atoms with E-state index in [-0.39, 0.29) is 5.91 Å². The van der Waals surface area contributed by atoms with Crippen molar-refractivity contribution < 1.29 is 9.90 Å². The Hall–Kier alpha value is -2.12. The first kappa shape index (κ1) is 14.8. The zero-order chi connectivity index (χ0) is 15.5. The summed E-state index contributed by atoms with van der Waals surface area (Å²) < 4.78 is 0. The van der Waals surface area contributed by atoms with Gasteiger partial charge in [0.15, 0.2) is 5.82 Å². The smallest absolute Gasteiger partial charge is 0.234 e. The third-order valence-corrected chi connectivity index (χ3v) is 4.33. The van der Waals surface area contributed by atoms with Crippen LogP contribution >= 0.6 is 11.8 Å². The first-order valence-corrected chi connectivity index (χ1v) is 7.90. The average Bonchev–Trinajstić information content (AvgIpc) is 2.53. The Kier molecular flexibility index (Phi) is 4.26. The topological polar surface area (TPSA) is 87.1 Å². The molecule has 1 atom stereocenters. The maximum atomic E-state index is 11.5. The van der Waals surface area contributed by atoms with Crippen LogP contribution < -0.4 is 10.6 Å². The van der Waals surface area contributed by atoms with Gasteiger partial charge in [-0.2, -0.15) is 0 Å². The van der Waals surface area contributed by atoms with Crippen molar-refractivity contribution in [3.05, 3.63) is 41.7 Å². The van der Waals surface area contributed by atoms with E-state index < -0.39 is 6.10 Å². The Labute approximate surface area is 132 Å². The lowest BCUT2D eigenvalue weighted by Gasteiger charge is -2.18. The lowest BCUT2D eigenvalue weighted by Crippen LogP contribution is -2.21.